The molecule has 2 atom stereocenters. The number of carbonyl (C=O) groups is 5. The van der Waals surface area contributed by atoms with Gasteiger partial charge in [0.25, 0.3) is 5.91 Å². The quantitative estimate of drug-likeness (QED) is 0.0547. The van der Waals surface area contributed by atoms with Crippen LogP contribution in [-0.4, -0.2) is 114 Å². The van der Waals surface area contributed by atoms with Crippen LogP contribution in [0.5, 0.6) is 5.75 Å². The number of benzene rings is 3. The van der Waals surface area contributed by atoms with Gasteiger partial charge in [-0.25, -0.2) is 18.2 Å². The number of fused-ring (bicyclic) bond motifs is 1. The second-order valence-corrected chi connectivity index (χ2v) is 21.7. The van der Waals surface area contributed by atoms with Gasteiger partial charge in [-0.3, -0.25) is 29.4 Å². The summed E-state index contributed by atoms with van der Waals surface area (Å²) in [5.74, 6) is -1.11. The van der Waals surface area contributed by atoms with Crippen LogP contribution in [0.25, 0.3) is 32.2 Å². The predicted molar refractivity (Wildman–Crippen MR) is 275 cm³/mol. The summed E-state index contributed by atoms with van der Waals surface area (Å²) in [5.41, 5.74) is 4.17. The van der Waals surface area contributed by atoms with E-state index in [9.17, 15) is 37.5 Å². The van der Waals surface area contributed by atoms with E-state index < -0.39 is 33.5 Å². The molecule has 0 bridgehead atoms. The Labute approximate surface area is 420 Å². The number of imide groups is 1. The topological polar surface area (TPSA) is 232 Å². The first-order valence-electron chi connectivity index (χ1n) is 23.4. The maximum Gasteiger partial charge on any atom is 0.349 e. The zero-order valence-electron chi connectivity index (χ0n) is 39.7. The lowest BCUT2D eigenvalue weighted by Crippen LogP contribution is -2.55. The summed E-state index contributed by atoms with van der Waals surface area (Å²) in [5, 5.41) is 25.4. The van der Waals surface area contributed by atoms with E-state index in [-0.39, 0.29) is 45.9 Å². The Kier molecular flexibility index (Phi) is 15.2. The van der Waals surface area contributed by atoms with Crippen molar-refractivity contribution in [3.05, 3.63) is 99.5 Å². The maximum atomic E-state index is 14.1. The van der Waals surface area contributed by atoms with Crippen molar-refractivity contribution in [2.75, 3.05) is 48.5 Å². The number of hydrogen-bond acceptors (Lipinski definition) is 13. The Balaban J connectivity index is 0.00000334. The molecule has 0 spiro atoms. The van der Waals surface area contributed by atoms with Crippen molar-refractivity contribution in [3.63, 3.8) is 0 Å². The first-order chi connectivity index (χ1) is 34.1. The van der Waals surface area contributed by atoms with Crippen molar-refractivity contribution in [1.82, 2.24) is 19.6 Å². The van der Waals surface area contributed by atoms with Crippen LogP contribution < -0.4 is 25.2 Å². The van der Waals surface area contributed by atoms with E-state index in [4.69, 9.17) is 26.4 Å². The molecule has 3 aromatic heterocycles. The smallest absolute Gasteiger partial charge is 0.349 e. The molecule has 374 valence electrons. The number of anilines is 3. The van der Waals surface area contributed by atoms with E-state index in [0.29, 0.717) is 78.0 Å². The van der Waals surface area contributed by atoms with Crippen molar-refractivity contribution in [1.29, 1.82) is 0 Å². The van der Waals surface area contributed by atoms with E-state index in [1.54, 1.807) is 21.3 Å². The van der Waals surface area contributed by atoms with Crippen LogP contribution in [0.4, 0.5) is 17.2 Å². The highest BCUT2D eigenvalue weighted by atomic mass is 35.5. The number of carboxylic acid groups (broad SMARTS) is 1. The fourth-order valence-electron chi connectivity index (χ4n) is 10.5. The number of hydrogen-bond donors (Lipinski definition) is 5. The first kappa shape index (κ1) is 51.0. The number of aromatic nitrogens is 2. The van der Waals surface area contributed by atoms with Gasteiger partial charge < -0.3 is 30.2 Å². The van der Waals surface area contributed by atoms with Gasteiger partial charge in [0.2, 0.25) is 22.3 Å². The SMILES string of the molecule is CCCC(C(=O)NC=O)N1C(=O)c2cccc3c(C4CCN(c5cc6ccc(CS(=O)(=O)N7CCC(Nc8cccc(-c9sc(C(=O)O)c(OCC=O)c9Cl)c8)CC7(C)C)nc6[nH]5)CC4)ccc1c23.CO. The fourth-order valence-corrected chi connectivity index (χ4v) is 13.8. The normalized spacial score (nSPS) is 17.4. The highest BCUT2D eigenvalue weighted by Gasteiger charge is 2.42. The Morgan fingerprint density at radius 1 is 1.03 bits per heavy atom. The molecule has 3 amide bonds. The Morgan fingerprint density at radius 3 is 2.49 bits per heavy atom. The van der Waals surface area contributed by atoms with Gasteiger partial charge in [0.05, 0.1) is 16.3 Å². The molecule has 0 radical (unpaired) electrons. The molecule has 3 aromatic carbocycles. The summed E-state index contributed by atoms with van der Waals surface area (Å²) in [6.07, 6.45) is 4.75. The number of sulfonamides is 1. The number of halogens is 1. The zero-order chi connectivity index (χ0) is 50.8. The first-order valence-corrected chi connectivity index (χ1v) is 26.2. The minimum absolute atomic E-state index is 0.0444. The van der Waals surface area contributed by atoms with Crippen molar-refractivity contribution >= 4 is 102 Å². The Bertz CT molecular complexity index is 3130. The second-order valence-electron chi connectivity index (χ2n) is 18.4. The van der Waals surface area contributed by atoms with Gasteiger partial charge in [-0.1, -0.05) is 55.3 Å². The van der Waals surface area contributed by atoms with Crippen LogP contribution in [0.1, 0.15) is 96.5 Å². The molecule has 5 N–H and O–H groups in total. The number of aromatic amines is 1. The minimum Gasteiger partial charge on any atom is -0.483 e. The molecule has 20 heteroatoms. The van der Waals surface area contributed by atoms with E-state index in [1.807, 2.05) is 75.4 Å². The molecule has 3 aliphatic rings. The van der Waals surface area contributed by atoms with Gasteiger partial charge in [-0.15, -0.1) is 11.3 Å². The molecule has 6 heterocycles. The average molecular weight is 1030 g/mol. The average Bonchev–Trinajstić information content (AvgIpc) is 4.02. The Hall–Kier alpha value is -6.38. The third kappa shape index (κ3) is 10.1. The van der Waals surface area contributed by atoms with Gasteiger partial charge >= 0.3 is 5.97 Å². The standard InChI is InChI=1S/C50H52ClN7O9S2.CH4O/c1-4-7-39(47(61)52-28-60)58-38-15-14-35(36-10-6-11-37(41(36)38)48(58)62)29-16-19-56(20-17-29)40-25-31-12-13-34(54-46(31)55-40)27-69(65,66)57-21-18-33(26-50(57,2)3)53-32-9-5-8-30(24-32)44-42(51)43(67-23-22-59)45(68-44)49(63)64;1-2/h5-6,8-15,22,24-25,28-29,33,39,53H,4,7,16-21,23,26-27H2,1-3H3,(H,54,55)(H,63,64)(H,52,60,61);2H,1H3. The monoisotopic (exact) mass is 1030 g/mol. The highest BCUT2D eigenvalue weighted by molar-refractivity contribution is 7.88. The number of H-pyrrole nitrogens is 1. The van der Waals surface area contributed by atoms with Crippen molar-refractivity contribution in [2.45, 2.75) is 88.6 Å². The molecule has 3 aliphatic heterocycles. The van der Waals surface area contributed by atoms with Gasteiger partial charge in [0, 0.05) is 60.3 Å². The number of nitrogens with one attached hydrogen (secondary N) is 3. The second kappa shape index (κ2) is 21.1. The molecule has 6 aromatic rings. The van der Waals surface area contributed by atoms with Crippen LogP contribution in [0.2, 0.25) is 5.02 Å². The minimum atomic E-state index is -3.78. The molecule has 0 saturated carbocycles. The molecule has 71 heavy (non-hydrogen) atoms. The number of carbonyl (C=O) groups excluding carboxylic acids is 4. The number of thiophene rings is 1. The molecule has 2 unspecified atom stereocenters. The van der Waals surface area contributed by atoms with Gasteiger partial charge in [-0.2, -0.15) is 4.31 Å². The van der Waals surface area contributed by atoms with Crippen LogP contribution in [0.15, 0.2) is 72.8 Å². The van der Waals surface area contributed by atoms with Crippen molar-refractivity contribution in [2.24, 2.45) is 0 Å². The van der Waals surface area contributed by atoms with Crippen LogP contribution in [0, 0.1) is 0 Å². The van der Waals surface area contributed by atoms with Crippen molar-refractivity contribution in [3.8, 4) is 16.2 Å². The maximum absolute atomic E-state index is 14.1. The number of carboxylic acids is 1. The summed E-state index contributed by atoms with van der Waals surface area (Å²) in [6.45, 7) is 7.28. The van der Waals surface area contributed by atoms with Crippen LogP contribution in [-0.2, 0) is 30.2 Å². The third-order valence-corrected chi connectivity index (χ3v) is 17.2. The van der Waals surface area contributed by atoms with E-state index in [1.165, 1.54) is 0 Å². The lowest BCUT2D eigenvalue weighted by Gasteiger charge is -2.44. The van der Waals surface area contributed by atoms with Gasteiger partial charge in [0.1, 0.15) is 34.9 Å². The number of amides is 3. The number of nitrogens with zero attached hydrogens (tertiary/aromatic N) is 4. The summed E-state index contributed by atoms with van der Waals surface area (Å²) in [7, 11) is -2.78. The molecular weight excluding hydrogens is 970 g/mol. The number of rotatable bonds is 17. The molecule has 0 aliphatic carbocycles. The summed E-state index contributed by atoms with van der Waals surface area (Å²) >= 11 is 7.53. The number of aldehydes is 1. The van der Waals surface area contributed by atoms with Gasteiger partial charge in [0.15, 0.2) is 16.9 Å². The third-order valence-electron chi connectivity index (χ3n) is 13.5. The number of aliphatic hydroxyl groups excluding tert-OH is 1. The van der Waals surface area contributed by atoms with Crippen molar-refractivity contribution < 1.29 is 47.3 Å². The molecule has 17 nitrogen and oxygen atoms in total. The summed E-state index contributed by atoms with van der Waals surface area (Å²) in [6, 6.07) is 22.0. The zero-order valence-corrected chi connectivity index (χ0v) is 42.1. The highest BCUT2D eigenvalue weighted by Crippen LogP contribution is 2.47. The largest absolute Gasteiger partial charge is 0.483 e. The molecule has 2 saturated heterocycles. The number of ether oxygens (including phenoxy) is 1. The lowest BCUT2D eigenvalue weighted by atomic mass is 9.85. The predicted octanol–water partition coefficient (Wildman–Crippen LogP) is 7.95. The lowest BCUT2D eigenvalue weighted by molar-refractivity contribution is -0.126. The van der Waals surface area contributed by atoms with E-state index in [2.05, 4.69) is 26.6 Å². The summed E-state index contributed by atoms with van der Waals surface area (Å²) in [4.78, 5) is 73.2. The number of piperidine rings is 2. The molecule has 9 rings (SSSR count). The van der Waals surface area contributed by atoms with E-state index >= 15 is 0 Å². The number of pyridine rings is 1. The molecular formula is C51H56ClN7O10S2. The fraction of sp³-hybridized carbons (Fsp3) is 0.373. The van der Waals surface area contributed by atoms with Gasteiger partial charge in [-0.05, 0) is 111 Å². The summed E-state index contributed by atoms with van der Waals surface area (Å²) < 4.78 is 35.2. The number of aromatic carboxylic acids is 1. The van der Waals surface area contributed by atoms with Crippen LogP contribution >= 0.6 is 22.9 Å². The number of aliphatic hydroxyl groups is 1. The molecule has 2 fully saturated rings. The van der Waals surface area contributed by atoms with Crippen LogP contribution in [0.3, 0.4) is 0 Å². The van der Waals surface area contributed by atoms with E-state index in [0.717, 1.165) is 77.6 Å². The Morgan fingerprint density at radius 2 is 1.79 bits per heavy atom.